The Morgan fingerprint density at radius 3 is 3.17 bits per heavy atom. The van der Waals surface area contributed by atoms with Gasteiger partial charge in [0.15, 0.2) is 0 Å². The van der Waals surface area contributed by atoms with Crippen molar-refractivity contribution >= 4 is 11.6 Å². The average Bonchev–Trinajstić information content (AvgIpc) is 2.93. The van der Waals surface area contributed by atoms with Crippen LogP contribution in [0.15, 0.2) is 24.5 Å². The van der Waals surface area contributed by atoms with Crippen molar-refractivity contribution < 1.29 is 9.53 Å². The zero-order valence-corrected chi connectivity index (χ0v) is 10.4. The molecule has 5 nitrogen and oxygen atoms in total. The summed E-state index contributed by atoms with van der Waals surface area (Å²) in [5.74, 6) is 0.0221. The summed E-state index contributed by atoms with van der Waals surface area (Å²) in [6.07, 6.45) is 6.02. The first kappa shape index (κ1) is 12.8. The molecule has 5 heteroatoms. The van der Waals surface area contributed by atoms with Crippen LogP contribution in [0.5, 0.6) is 0 Å². The van der Waals surface area contributed by atoms with E-state index in [4.69, 9.17) is 4.74 Å². The van der Waals surface area contributed by atoms with Gasteiger partial charge in [0.25, 0.3) is 0 Å². The summed E-state index contributed by atoms with van der Waals surface area (Å²) in [7, 11) is 0. The van der Waals surface area contributed by atoms with E-state index in [0.717, 1.165) is 31.5 Å². The summed E-state index contributed by atoms with van der Waals surface area (Å²) in [4.78, 5) is 15.6. The lowest BCUT2D eigenvalue weighted by Crippen LogP contribution is -2.35. The molecule has 0 spiro atoms. The number of hydrogen-bond donors (Lipinski definition) is 2. The SMILES string of the molecule is O=C(NCCCNc1cccnc1)[C@@H]1CCCO1. The number of rotatable bonds is 6. The molecular weight excluding hydrogens is 230 g/mol. The van der Waals surface area contributed by atoms with Gasteiger partial charge in [-0.3, -0.25) is 9.78 Å². The highest BCUT2D eigenvalue weighted by Gasteiger charge is 2.22. The van der Waals surface area contributed by atoms with Crippen LogP contribution in [0.2, 0.25) is 0 Å². The van der Waals surface area contributed by atoms with Gasteiger partial charge in [0.05, 0.1) is 5.69 Å². The van der Waals surface area contributed by atoms with Gasteiger partial charge in [-0.05, 0) is 31.4 Å². The highest BCUT2D eigenvalue weighted by molar-refractivity contribution is 5.80. The molecule has 0 unspecified atom stereocenters. The minimum atomic E-state index is -0.226. The normalized spacial score (nSPS) is 18.6. The summed E-state index contributed by atoms with van der Waals surface area (Å²) >= 11 is 0. The predicted molar refractivity (Wildman–Crippen MR) is 69.3 cm³/mol. The number of anilines is 1. The van der Waals surface area contributed by atoms with E-state index < -0.39 is 0 Å². The van der Waals surface area contributed by atoms with Gasteiger partial charge in [0.1, 0.15) is 6.10 Å². The van der Waals surface area contributed by atoms with Crippen LogP contribution in [-0.4, -0.2) is 36.7 Å². The number of amides is 1. The van der Waals surface area contributed by atoms with Gasteiger partial charge in [-0.2, -0.15) is 0 Å². The van der Waals surface area contributed by atoms with Gasteiger partial charge in [-0.1, -0.05) is 0 Å². The second-order valence-corrected chi connectivity index (χ2v) is 4.31. The summed E-state index contributed by atoms with van der Waals surface area (Å²) in [5.41, 5.74) is 1.00. The molecule has 0 aliphatic carbocycles. The van der Waals surface area contributed by atoms with Gasteiger partial charge in [-0.15, -0.1) is 0 Å². The minimum Gasteiger partial charge on any atom is -0.384 e. The Balaban J connectivity index is 1.54. The molecule has 1 aliphatic heterocycles. The summed E-state index contributed by atoms with van der Waals surface area (Å²) in [6.45, 7) is 2.20. The maximum Gasteiger partial charge on any atom is 0.249 e. The molecule has 1 aromatic rings. The smallest absolute Gasteiger partial charge is 0.249 e. The van der Waals surface area contributed by atoms with E-state index in [2.05, 4.69) is 15.6 Å². The molecule has 0 radical (unpaired) electrons. The number of carbonyl (C=O) groups excluding carboxylic acids is 1. The first-order chi connectivity index (χ1) is 8.86. The minimum absolute atomic E-state index is 0.0221. The largest absolute Gasteiger partial charge is 0.384 e. The molecule has 1 aliphatic rings. The van der Waals surface area contributed by atoms with Crippen LogP contribution in [0.4, 0.5) is 5.69 Å². The van der Waals surface area contributed by atoms with Crippen molar-refractivity contribution in [3.63, 3.8) is 0 Å². The van der Waals surface area contributed by atoms with E-state index in [1.54, 1.807) is 12.4 Å². The molecule has 2 rings (SSSR count). The maximum absolute atomic E-state index is 11.6. The van der Waals surface area contributed by atoms with Crippen molar-refractivity contribution in [1.82, 2.24) is 10.3 Å². The van der Waals surface area contributed by atoms with Gasteiger partial charge in [0, 0.05) is 32.1 Å². The second kappa shape index (κ2) is 6.96. The lowest BCUT2D eigenvalue weighted by molar-refractivity contribution is -0.130. The van der Waals surface area contributed by atoms with Crippen molar-refractivity contribution in [1.29, 1.82) is 0 Å². The third kappa shape index (κ3) is 4.00. The Morgan fingerprint density at radius 1 is 1.50 bits per heavy atom. The second-order valence-electron chi connectivity index (χ2n) is 4.31. The fourth-order valence-electron chi connectivity index (χ4n) is 1.90. The van der Waals surface area contributed by atoms with Crippen molar-refractivity contribution in [3.8, 4) is 0 Å². The van der Waals surface area contributed by atoms with Crippen molar-refractivity contribution in [3.05, 3.63) is 24.5 Å². The first-order valence-corrected chi connectivity index (χ1v) is 6.39. The predicted octanol–water partition coefficient (Wildman–Crippen LogP) is 1.18. The lowest BCUT2D eigenvalue weighted by Gasteiger charge is -2.10. The Bertz CT molecular complexity index is 364. The standard InChI is InChI=1S/C13H19N3O2/c17-13(12-5-2-9-18-12)16-8-3-7-15-11-4-1-6-14-10-11/h1,4,6,10,12,15H,2-3,5,7-9H2,(H,16,17)/t12-/m0/s1. The van der Waals surface area contributed by atoms with Crippen molar-refractivity contribution in [2.24, 2.45) is 0 Å². The quantitative estimate of drug-likeness (QED) is 0.743. The van der Waals surface area contributed by atoms with E-state index in [0.29, 0.717) is 13.2 Å². The topological polar surface area (TPSA) is 63.2 Å². The summed E-state index contributed by atoms with van der Waals surface area (Å²) in [6, 6.07) is 3.86. The monoisotopic (exact) mass is 249 g/mol. The Hall–Kier alpha value is -1.62. The summed E-state index contributed by atoms with van der Waals surface area (Å²) in [5, 5.41) is 6.13. The maximum atomic E-state index is 11.6. The van der Waals surface area contributed by atoms with Gasteiger partial charge < -0.3 is 15.4 Å². The van der Waals surface area contributed by atoms with E-state index in [1.807, 2.05) is 12.1 Å². The molecule has 98 valence electrons. The third-order valence-corrected chi connectivity index (χ3v) is 2.87. The molecule has 2 heterocycles. The van der Waals surface area contributed by atoms with E-state index in [1.165, 1.54) is 0 Å². The number of hydrogen-bond acceptors (Lipinski definition) is 4. The number of carbonyl (C=O) groups is 1. The third-order valence-electron chi connectivity index (χ3n) is 2.87. The zero-order valence-electron chi connectivity index (χ0n) is 10.4. The van der Waals surface area contributed by atoms with Gasteiger partial charge >= 0.3 is 0 Å². The number of ether oxygens (including phenoxy) is 1. The molecule has 18 heavy (non-hydrogen) atoms. The number of aromatic nitrogens is 1. The molecule has 1 fully saturated rings. The fourth-order valence-corrected chi connectivity index (χ4v) is 1.90. The molecule has 0 saturated carbocycles. The fraction of sp³-hybridized carbons (Fsp3) is 0.538. The highest BCUT2D eigenvalue weighted by Crippen LogP contribution is 2.11. The van der Waals surface area contributed by atoms with Crippen LogP contribution < -0.4 is 10.6 Å². The van der Waals surface area contributed by atoms with Gasteiger partial charge in [0.2, 0.25) is 5.91 Å². The summed E-state index contributed by atoms with van der Waals surface area (Å²) < 4.78 is 5.31. The molecule has 0 bridgehead atoms. The molecule has 1 aromatic heterocycles. The van der Waals surface area contributed by atoms with Crippen LogP contribution in [0.3, 0.4) is 0 Å². The van der Waals surface area contributed by atoms with E-state index in [9.17, 15) is 4.79 Å². The molecule has 1 amide bonds. The van der Waals surface area contributed by atoms with Crippen LogP contribution in [0.25, 0.3) is 0 Å². The van der Waals surface area contributed by atoms with Crippen LogP contribution >= 0.6 is 0 Å². The van der Waals surface area contributed by atoms with Crippen molar-refractivity contribution in [2.45, 2.75) is 25.4 Å². The number of nitrogens with one attached hydrogen (secondary N) is 2. The molecule has 1 saturated heterocycles. The molecule has 2 N–H and O–H groups in total. The first-order valence-electron chi connectivity index (χ1n) is 6.39. The van der Waals surface area contributed by atoms with Crippen LogP contribution in [0, 0.1) is 0 Å². The number of nitrogens with zero attached hydrogens (tertiary/aromatic N) is 1. The Kier molecular flexibility index (Phi) is 4.96. The zero-order chi connectivity index (χ0) is 12.6. The van der Waals surface area contributed by atoms with Crippen molar-refractivity contribution in [2.75, 3.05) is 25.0 Å². The Morgan fingerprint density at radius 2 is 2.44 bits per heavy atom. The van der Waals surface area contributed by atoms with E-state index >= 15 is 0 Å². The Labute approximate surface area is 107 Å². The average molecular weight is 249 g/mol. The molecular formula is C13H19N3O2. The molecule has 1 atom stereocenters. The number of pyridine rings is 1. The highest BCUT2D eigenvalue weighted by atomic mass is 16.5. The van der Waals surface area contributed by atoms with Crippen LogP contribution in [-0.2, 0) is 9.53 Å². The van der Waals surface area contributed by atoms with Gasteiger partial charge in [-0.25, -0.2) is 0 Å². The lowest BCUT2D eigenvalue weighted by atomic mass is 10.2. The molecule has 0 aromatic carbocycles. The van der Waals surface area contributed by atoms with E-state index in [-0.39, 0.29) is 12.0 Å². The van der Waals surface area contributed by atoms with Crippen LogP contribution in [0.1, 0.15) is 19.3 Å².